The van der Waals surface area contributed by atoms with Gasteiger partial charge in [0.2, 0.25) is 0 Å². The molecule has 0 spiro atoms. The molecular formula is C14H13BrClFN2. The van der Waals surface area contributed by atoms with E-state index in [0.717, 1.165) is 11.3 Å². The van der Waals surface area contributed by atoms with Gasteiger partial charge in [-0.15, -0.1) is 0 Å². The molecule has 0 aromatic heterocycles. The third-order valence-electron chi connectivity index (χ3n) is 2.75. The summed E-state index contributed by atoms with van der Waals surface area (Å²) in [5, 5.41) is 3.92. The number of nitrogens with two attached hydrogens (primary N) is 1. The summed E-state index contributed by atoms with van der Waals surface area (Å²) in [6, 6.07) is 12.2. The summed E-state index contributed by atoms with van der Waals surface area (Å²) in [6.07, 6.45) is 0. The normalized spacial score (nSPS) is 12.2. The van der Waals surface area contributed by atoms with Crippen molar-refractivity contribution in [2.45, 2.75) is 6.04 Å². The van der Waals surface area contributed by atoms with Gasteiger partial charge in [-0.05, 0) is 51.8 Å². The maximum Gasteiger partial charge on any atom is 0.137 e. The van der Waals surface area contributed by atoms with E-state index in [1.54, 1.807) is 12.1 Å². The van der Waals surface area contributed by atoms with Crippen LogP contribution in [0.2, 0.25) is 5.02 Å². The molecule has 0 saturated carbocycles. The third-order valence-corrected chi connectivity index (χ3v) is 3.59. The lowest BCUT2D eigenvalue weighted by molar-refractivity contribution is 0.621. The van der Waals surface area contributed by atoms with E-state index in [2.05, 4.69) is 21.2 Å². The molecule has 0 radical (unpaired) electrons. The molecule has 2 aromatic rings. The second kappa shape index (κ2) is 6.37. The summed E-state index contributed by atoms with van der Waals surface area (Å²) >= 11 is 9.13. The molecule has 0 aliphatic rings. The van der Waals surface area contributed by atoms with Crippen molar-refractivity contribution in [3.8, 4) is 0 Å². The molecule has 2 nitrogen and oxygen atoms in total. The highest BCUT2D eigenvalue weighted by molar-refractivity contribution is 9.10. The quantitative estimate of drug-likeness (QED) is 0.866. The maximum atomic E-state index is 13.2. The molecular weight excluding hydrogens is 331 g/mol. The van der Waals surface area contributed by atoms with Crippen molar-refractivity contribution in [2.24, 2.45) is 5.73 Å². The average molecular weight is 344 g/mol. The Morgan fingerprint density at radius 1 is 1.26 bits per heavy atom. The summed E-state index contributed by atoms with van der Waals surface area (Å²) in [6.45, 7) is 0.412. The van der Waals surface area contributed by atoms with Crippen LogP contribution in [0.3, 0.4) is 0 Å². The molecule has 0 aliphatic carbocycles. The molecule has 100 valence electrons. The Kier molecular flexibility index (Phi) is 4.80. The van der Waals surface area contributed by atoms with E-state index in [9.17, 15) is 4.39 Å². The minimum Gasteiger partial charge on any atom is -0.377 e. The third kappa shape index (κ3) is 3.69. The number of rotatable bonds is 4. The van der Waals surface area contributed by atoms with Gasteiger partial charge in [0.25, 0.3) is 0 Å². The fourth-order valence-corrected chi connectivity index (χ4v) is 2.37. The van der Waals surface area contributed by atoms with Crippen molar-refractivity contribution in [1.82, 2.24) is 0 Å². The Labute approximate surface area is 124 Å². The van der Waals surface area contributed by atoms with Crippen LogP contribution in [0.4, 0.5) is 10.1 Å². The molecule has 3 N–H and O–H groups in total. The predicted octanol–water partition coefficient (Wildman–Crippen LogP) is 4.35. The molecule has 1 atom stereocenters. The van der Waals surface area contributed by atoms with Crippen LogP contribution in [0.1, 0.15) is 11.6 Å². The van der Waals surface area contributed by atoms with Gasteiger partial charge >= 0.3 is 0 Å². The molecule has 2 rings (SSSR count). The van der Waals surface area contributed by atoms with Gasteiger partial charge < -0.3 is 11.1 Å². The molecule has 2 aromatic carbocycles. The minimum atomic E-state index is -0.294. The Morgan fingerprint density at radius 2 is 2.05 bits per heavy atom. The maximum absolute atomic E-state index is 13.2. The number of anilines is 1. The lowest BCUT2D eigenvalue weighted by atomic mass is 10.1. The van der Waals surface area contributed by atoms with Gasteiger partial charge in [0.1, 0.15) is 5.82 Å². The smallest absolute Gasteiger partial charge is 0.137 e. The Morgan fingerprint density at radius 3 is 2.68 bits per heavy atom. The van der Waals surface area contributed by atoms with Gasteiger partial charge in [0.05, 0.1) is 10.5 Å². The van der Waals surface area contributed by atoms with Gasteiger partial charge in [-0.1, -0.05) is 23.7 Å². The summed E-state index contributed by atoms with van der Waals surface area (Å²) in [4.78, 5) is 0. The zero-order valence-corrected chi connectivity index (χ0v) is 12.4. The molecule has 0 fully saturated rings. The van der Waals surface area contributed by atoms with Gasteiger partial charge in [0.15, 0.2) is 0 Å². The fraction of sp³-hybridized carbons (Fsp3) is 0.143. The number of nitrogens with one attached hydrogen (secondary N) is 1. The summed E-state index contributed by atoms with van der Waals surface area (Å²) in [5.41, 5.74) is 7.57. The number of halogens is 3. The molecule has 19 heavy (non-hydrogen) atoms. The van der Waals surface area contributed by atoms with Crippen LogP contribution in [0.5, 0.6) is 0 Å². The Hall–Kier alpha value is -1.10. The van der Waals surface area contributed by atoms with Crippen molar-refractivity contribution in [3.63, 3.8) is 0 Å². The largest absolute Gasteiger partial charge is 0.377 e. The Bertz CT molecular complexity index is 577. The van der Waals surface area contributed by atoms with E-state index in [1.165, 1.54) is 6.07 Å². The van der Waals surface area contributed by atoms with Crippen LogP contribution in [-0.2, 0) is 0 Å². The number of hydrogen-bond acceptors (Lipinski definition) is 2. The van der Waals surface area contributed by atoms with E-state index >= 15 is 0 Å². The summed E-state index contributed by atoms with van der Waals surface area (Å²) < 4.78 is 13.6. The standard InChI is InChI=1S/C14H13BrClFN2/c15-12-7-11(4-5-13(12)17)19-14(8-18)9-2-1-3-10(16)6-9/h1-7,14,19H,8,18H2. The second-order valence-corrected chi connectivity index (χ2v) is 5.41. The average Bonchev–Trinajstić information content (AvgIpc) is 2.40. The van der Waals surface area contributed by atoms with Crippen molar-refractivity contribution in [2.75, 3.05) is 11.9 Å². The topological polar surface area (TPSA) is 38.0 Å². The van der Waals surface area contributed by atoms with Crippen LogP contribution in [0, 0.1) is 5.82 Å². The van der Waals surface area contributed by atoms with Crippen LogP contribution in [0.15, 0.2) is 46.9 Å². The lowest BCUT2D eigenvalue weighted by Crippen LogP contribution is -2.20. The molecule has 0 saturated heterocycles. The van der Waals surface area contributed by atoms with E-state index in [0.29, 0.717) is 16.0 Å². The first-order valence-corrected chi connectivity index (χ1v) is 6.94. The van der Waals surface area contributed by atoms with Crippen LogP contribution < -0.4 is 11.1 Å². The first-order valence-electron chi connectivity index (χ1n) is 5.77. The molecule has 5 heteroatoms. The van der Waals surface area contributed by atoms with Crippen molar-refractivity contribution >= 4 is 33.2 Å². The van der Waals surface area contributed by atoms with Gasteiger partial charge in [0, 0.05) is 17.3 Å². The first-order chi connectivity index (χ1) is 9.10. The molecule has 0 heterocycles. The molecule has 0 aliphatic heterocycles. The highest BCUT2D eigenvalue weighted by Crippen LogP contribution is 2.25. The zero-order valence-electron chi connectivity index (χ0n) is 10.0. The van der Waals surface area contributed by atoms with Gasteiger partial charge in [-0.3, -0.25) is 0 Å². The highest BCUT2D eigenvalue weighted by atomic mass is 79.9. The van der Waals surface area contributed by atoms with Crippen LogP contribution in [-0.4, -0.2) is 6.54 Å². The van der Waals surface area contributed by atoms with E-state index < -0.39 is 0 Å². The number of hydrogen-bond donors (Lipinski definition) is 2. The van der Waals surface area contributed by atoms with Crippen molar-refractivity contribution in [3.05, 3.63) is 63.3 Å². The first kappa shape index (κ1) is 14.3. The number of benzene rings is 2. The summed E-state index contributed by atoms with van der Waals surface area (Å²) in [7, 11) is 0. The lowest BCUT2D eigenvalue weighted by Gasteiger charge is -2.19. The molecule has 0 bridgehead atoms. The molecule has 0 amide bonds. The molecule has 1 unspecified atom stereocenters. The fourth-order valence-electron chi connectivity index (χ4n) is 1.79. The van der Waals surface area contributed by atoms with E-state index in [1.807, 2.05) is 24.3 Å². The highest BCUT2D eigenvalue weighted by Gasteiger charge is 2.10. The summed E-state index contributed by atoms with van der Waals surface area (Å²) in [5.74, 6) is -0.294. The van der Waals surface area contributed by atoms with E-state index in [-0.39, 0.29) is 11.9 Å². The second-order valence-electron chi connectivity index (χ2n) is 4.12. The zero-order chi connectivity index (χ0) is 13.8. The van der Waals surface area contributed by atoms with Crippen molar-refractivity contribution < 1.29 is 4.39 Å². The van der Waals surface area contributed by atoms with Crippen molar-refractivity contribution in [1.29, 1.82) is 0 Å². The van der Waals surface area contributed by atoms with E-state index in [4.69, 9.17) is 17.3 Å². The monoisotopic (exact) mass is 342 g/mol. The Balaban J connectivity index is 2.21. The van der Waals surface area contributed by atoms with Gasteiger partial charge in [-0.2, -0.15) is 0 Å². The predicted molar refractivity (Wildman–Crippen MR) is 81.0 cm³/mol. The van der Waals surface area contributed by atoms with Gasteiger partial charge in [-0.25, -0.2) is 4.39 Å². The minimum absolute atomic E-state index is 0.0731. The SMILES string of the molecule is NCC(Nc1ccc(F)c(Br)c1)c1cccc(Cl)c1. The van der Waals surface area contributed by atoms with Crippen LogP contribution >= 0.6 is 27.5 Å². The van der Waals surface area contributed by atoms with Crippen LogP contribution in [0.25, 0.3) is 0 Å².